The van der Waals surface area contributed by atoms with Crippen molar-refractivity contribution in [2.45, 2.75) is 44.1 Å². The largest absolute Gasteiger partial charge is 0.480 e. The van der Waals surface area contributed by atoms with Gasteiger partial charge in [0.25, 0.3) is 5.91 Å². The van der Waals surface area contributed by atoms with Crippen molar-refractivity contribution in [1.82, 2.24) is 15.1 Å². The van der Waals surface area contributed by atoms with Crippen molar-refractivity contribution < 1.29 is 14.7 Å². The molecule has 1 amide bonds. The van der Waals surface area contributed by atoms with Crippen LogP contribution in [-0.2, 0) is 4.79 Å². The van der Waals surface area contributed by atoms with Gasteiger partial charge in [0.2, 0.25) is 0 Å². The summed E-state index contributed by atoms with van der Waals surface area (Å²) in [5.41, 5.74) is 1.26. The predicted molar refractivity (Wildman–Crippen MR) is 74.6 cm³/mol. The Balaban J connectivity index is 1.85. The molecule has 7 heteroatoms. The summed E-state index contributed by atoms with van der Waals surface area (Å²) in [5.74, 6) is -0.783. The molecule has 0 bridgehead atoms. The van der Waals surface area contributed by atoms with Gasteiger partial charge in [-0.25, -0.2) is 4.79 Å². The lowest BCUT2D eigenvalue weighted by Gasteiger charge is -2.32. The van der Waals surface area contributed by atoms with Crippen LogP contribution in [0.25, 0.3) is 0 Å². The standard InChI is InChI=1S/C13H16BrN3O3/c14-9-10(7-4-5-7)15-16-11(9)12(18)17-6-2-1-3-8(17)13(19)20/h7-8H,1-6H2,(H,15,16)(H,19,20)/t8-/m1/s1. The molecule has 1 atom stereocenters. The number of nitrogens with zero attached hydrogens (tertiary/aromatic N) is 2. The highest BCUT2D eigenvalue weighted by molar-refractivity contribution is 9.10. The van der Waals surface area contributed by atoms with Crippen LogP contribution in [0, 0.1) is 0 Å². The van der Waals surface area contributed by atoms with Crippen molar-refractivity contribution in [3.05, 3.63) is 15.9 Å². The van der Waals surface area contributed by atoms with Gasteiger partial charge in [0.1, 0.15) is 6.04 Å². The molecule has 6 nitrogen and oxygen atoms in total. The molecule has 3 rings (SSSR count). The molecule has 0 radical (unpaired) electrons. The molecular formula is C13H16BrN3O3. The molecule has 1 aliphatic heterocycles. The summed E-state index contributed by atoms with van der Waals surface area (Å²) in [6, 6.07) is -0.732. The molecule has 20 heavy (non-hydrogen) atoms. The molecule has 0 unspecified atom stereocenters. The Hall–Kier alpha value is -1.37. The van der Waals surface area contributed by atoms with E-state index in [1.165, 1.54) is 4.90 Å². The second kappa shape index (κ2) is 5.20. The Morgan fingerprint density at radius 1 is 1.30 bits per heavy atom. The summed E-state index contributed by atoms with van der Waals surface area (Å²) >= 11 is 3.43. The molecule has 2 fully saturated rings. The smallest absolute Gasteiger partial charge is 0.326 e. The van der Waals surface area contributed by atoms with Gasteiger partial charge in [-0.15, -0.1) is 0 Å². The normalized spacial score (nSPS) is 22.9. The van der Waals surface area contributed by atoms with Crippen molar-refractivity contribution >= 4 is 27.8 Å². The number of rotatable bonds is 3. The quantitative estimate of drug-likeness (QED) is 0.881. The van der Waals surface area contributed by atoms with Crippen LogP contribution in [0.3, 0.4) is 0 Å². The number of hydrogen-bond acceptors (Lipinski definition) is 3. The van der Waals surface area contributed by atoms with E-state index >= 15 is 0 Å². The lowest BCUT2D eigenvalue weighted by atomic mass is 10.0. The first-order valence-corrected chi connectivity index (χ1v) is 7.66. The molecule has 1 aromatic rings. The number of halogens is 1. The molecule has 108 valence electrons. The molecule has 1 saturated carbocycles. The summed E-state index contributed by atoms with van der Waals surface area (Å²) in [6.07, 6.45) is 4.41. The molecule has 2 aliphatic rings. The van der Waals surface area contributed by atoms with Crippen LogP contribution in [-0.4, -0.2) is 44.7 Å². The van der Waals surface area contributed by atoms with Crippen LogP contribution in [0.5, 0.6) is 0 Å². The molecular weight excluding hydrogens is 326 g/mol. The minimum atomic E-state index is -0.938. The Bertz CT molecular complexity index is 553. The number of nitrogens with one attached hydrogen (secondary N) is 1. The van der Waals surface area contributed by atoms with Crippen molar-refractivity contribution in [3.8, 4) is 0 Å². The lowest BCUT2D eigenvalue weighted by molar-refractivity contribution is -0.143. The summed E-state index contributed by atoms with van der Waals surface area (Å²) < 4.78 is 0.694. The molecule has 1 aromatic heterocycles. The molecule has 0 spiro atoms. The van der Waals surface area contributed by atoms with Gasteiger partial charge in [0.15, 0.2) is 5.69 Å². The van der Waals surface area contributed by atoms with Gasteiger partial charge in [-0.3, -0.25) is 9.89 Å². The van der Waals surface area contributed by atoms with Crippen LogP contribution in [0.1, 0.15) is 54.2 Å². The maximum atomic E-state index is 12.5. The number of hydrogen-bond donors (Lipinski definition) is 2. The highest BCUT2D eigenvalue weighted by atomic mass is 79.9. The third-order valence-electron chi connectivity index (χ3n) is 3.97. The average molecular weight is 342 g/mol. The summed E-state index contributed by atoms with van der Waals surface area (Å²) in [4.78, 5) is 25.3. The summed E-state index contributed by atoms with van der Waals surface area (Å²) in [6.45, 7) is 0.480. The van der Waals surface area contributed by atoms with Crippen LogP contribution in [0.15, 0.2) is 4.47 Å². The van der Waals surface area contributed by atoms with Crippen molar-refractivity contribution in [1.29, 1.82) is 0 Å². The lowest BCUT2D eigenvalue weighted by Crippen LogP contribution is -2.48. The van der Waals surface area contributed by atoms with Crippen molar-refractivity contribution in [2.24, 2.45) is 0 Å². The first kappa shape index (κ1) is 13.6. The van der Waals surface area contributed by atoms with Crippen LogP contribution < -0.4 is 0 Å². The number of likely N-dealkylation sites (tertiary alicyclic amines) is 1. The molecule has 0 aromatic carbocycles. The zero-order chi connectivity index (χ0) is 14.3. The van der Waals surface area contributed by atoms with Crippen LogP contribution in [0.2, 0.25) is 0 Å². The number of piperidine rings is 1. The number of carbonyl (C=O) groups is 2. The van der Waals surface area contributed by atoms with E-state index in [0.717, 1.165) is 31.4 Å². The third kappa shape index (κ3) is 2.34. The Morgan fingerprint density at radius 2 is 2.05 bits per heavy atom. The van der Waals surface area contributed by atoms with Crippen LogP contribution >= 0.6 is 15.9 Å². The van der Waals surface area contributed by atoms with Gasteiger partial charge in [-0.05, 0) is 48.0 Å². The van der Waals surface area contributed by atoms with E-state index in [1.807, 2.05) is 0 Å². The van der Waals surface area contributed by atoms with Crippen molar-refractivity contribution in [3.63, 3.8) is 0 Å². The van der Waals surface area contributed by atoms with Gasteiger partial charge in [0.05, 0.1) is 10.2 Å². The Labute approximate surface area is 124 Å². The highest BCUT2D eigenvalue weighted by Crippen LogP contribution is 2.43. The minimum absolute atomic E-state index is 0.299. The highest BCUT2D eigenvalue weighted by Gasteiger charge is 2.36. The Morgan fingerprint density at radius 3 is 2.70 bits per heavy atom. The Kier molecular flexibility index (Phi) is 3.54. The zero-order valence-corrected chi connectivity index (χ0v) is 12.5. The SMILES string of the molecule is O=C(O)[C@H]1CCCCN1C(=O)c1n[nH]c(C2CC2)c1Br. The first-order chi connectivity index (χ1) is 9.59. The fraction of sp³-hybridized carbons (Fsp3) is 0.615. The van der Waals surface area contributed by atoms with E-state index in [-0.39, 0.29) is 5.91 Å². The second-order valence-electron chi connectivity index (χ2n) is 5.42. The zero-order valence-electron chi connectivity index (χ0n) is 10.9. The first-order valence-electron chi connectivity index (χ1n) is 6.87. The van der Waals surface area contributed by atoms with E-state index in [9.17, 15) is 14.7 Å². The van der Waals surface area contributed by atoms with E-state index in [0.29, 0.717) is 29.1 Å². The van der Waals surface area contributed by atoms with Gasteiger partial charge in [-0.1, -0.05) is 0 Å². The van der Waals surface area contributed by atoms with Gasteiger partial charge >= 0.3 is 5.97 Å². The molecule has 1 saturated heterocycles. The van der Waals surface area contributed by atoms with E-state index in [1.54, 1.807) is 0 Å². The number of aromatic nitrogens is 2. The van der Waals surface area contributed by atoms with Crippen LogP contribution in [0.4, 0.5) is 0 Å². The maximum Gasteiger partial charge on any atom is 0.326 e. The molecule has 2 N–H and O–H groups in total. The molecule has 2 heterocycles. The van der Waals surface area contributed by atoms with Gasteiger partial charge in [-0.2, -0.15) is 5.10 Å². The third-order valence-corrected chi connectivity index (χ3v) is 4.77. The van der Waals surface area contributed by atoms with E-state index < -0.39 is 12.0 Å². The summed E-state index contributed by atoms with van der Waals surface area (Å²) in [7, 11) is 0. The average Bonchev–Trinajstić information content (AvgIpc) is 3.21. The number of aromatic amines is 1. The number of carboxylic acids is 1. The minimum Gasteiger partial charge on any atom is -0.480 e. The maximum absolute atomic E-state index is 12.5. The van der Waals surface area contributed by atoms with Gasteiger partial charge < -0.3 is 10.0 Å². The van der Waals surface area contributed by atoms with Crippen molar-refractivity contribution in [2.75, 3.05) is 6.54 Å². The molecule has 1 aliphatic carbocycles. The second-order valence-corrected chi connectivity index (χ2v) is 6.22. The number of H-pyrrole nitrogens is 1. The van der Waals surface area contributed by atoms with E-state index in [4.69, 9.17) is 0 Å². The number of amides is 1. The number of aliphatic carboxylic acids is 1. The number of carbonyl (C=O) groups excluding carboxylic acids is 1. The topological polar surface area (TPSA) is 86.3 Å². The monoisotopic (exact) mass is 341 g/mol. The van der Waals surface area contributed by atoms with Gasteiger partial charge in [0, 0.05) is 12.5 Å². The van der Waals surface area contributed by atoms with E-state index in [2.05, 4.69) is 26.1 Å². The fourth-order valence-corrected chi connectivity index (χ4v) is 3.36. The summed E-state index contributed by atoms with van der Waals surface area (Å²) in [5, 5.41) is 16.2. The fourth-order valence-electron chi connectivity index (χ4n) is 2.69. The number of carboxylic acid groups (broad SMARTS) is 1. The predicted octanol–water partition coefficient (Wildman–Crippen LogP) is 2.13.